The van der Waals surface area contributed by atoms with E-state index in [0.29, 0.717) is 17.6 Å². The largest absolute Gasteiger partial charge is 0.294 e. The highest BCUT2D eigenvalue weighted by molar-refractivity contribution is 6.36. The van der Waals surface area contributed by atoms with E-state index in [1.54, 1.807) is 0 Å². The van der Waals surface area contributed by atoms with Crippen LogP contribution >= 0.6 is 11.6 Å². The summed E-state index contributed by atoms with van der Waals surface area (Å²) < 4.78 is 0. The molecule has 2 saturated carbocycles. The number of hydrogen-bond acceptors (Lipinski definition) is 1. The van der Waals surface area contributed by atoms with Gasteiger partial charge in [0.15, 0.2) is 5.78 Å². The summed E-state index contributed by atoms with van der Waals surface area (Å²) in [5, 5.41) is 2.72. The highest BCUT2D eigenvalue weighted by Gasteiger charge is 2.54. The van der Waals surface area contributed by atoms with Crippen LogP contribution in [0.4, 0.5) is 0 Å². The Morgan fingerprint density at radius 2 is 1.60 bits per heavy atom. The lowest BCUT2D eigenvalue weighted by Gasteiger charge is -2.07. The van der Waals surface area contributed by atoms with Crippen LogP contribution < -0.4 is 0 Å². The number of carbonyl (C=O) groups excluding carboxylic acids is 1. The van der Waals surface area contributed by atoms with E-state index in [2.05, 4.69) is 0 Å². The average Bonchev–Trinajstić information content (AvgIpc) is 3.22. The first-order valence-corrected chi connectivity index (χ1v) is 7.86. The number of halogens is 1. The summed E-state index contributed by atoms with van der Waals surface area (Å²) in [5.41, 5.74) is 0.865. The van der Waals surface area contributed by atoms with Gasteiger partial charge in [0, 0.05) is 21.9 Å². The fourth-order valence-corrected chi connectivity index (χ4v) is 4.27. The van der Waals surface area contributed by atoms with Crippen LogP contribution in [-0.4, -0.2) is 5.78 Å². The van der Waals surface area contributed by atoms with E-state index in [-0.39, 0.29) is 5.92 Å². The van der Waals surface area contributed by atoms with Gasteiger partial charge in [0.05, 0.1) is 0 Å². The Labute approximate surface area is 123 Å². The third-order valence-electron chi connectivity index (χ3n) is 5.10. The molecule has 0 heterocycles. The van der Waals surface area contributed by atoms with Crippen molar-refractivity contribution in [3.63, 3.8) is 0 Å². The molecule has 2 aliphatic rings. The monoisotopic (exact) mass is 284 g/mol. The van der Waals surface area contributed by atoms with Crippen molar-refractivity contribution < 1.29 is 4.79 Å². The van der Waals surface area contributed by atoms with Crippen LogP contribution in [0, 0.1) is 17.8 Å². The molecule has 1 nitrogen and oxygen atoms in total. The van der Waals surface area contributed by atoms with E-state index in [1.807, 2.05) is 36.4 Å². The second-order valence-corrected chi connectivity index (χ2v) is 6.55. The molecule has 2 aliphatic carbocycles. The zero-order chi connectivity index (χ0) is 13.7. The minimum absolute atomic E-state index is 0.280. The predicted octanol–water partition coefficient (Wildman–Crippen LogP) is 5.11. The summed E-state index contributed by atoms with van der Waals surface area (Å²) in [5.74, 6) is 1.94. The lowest BCUT2D eigenvalue weighted by atomic mass is 9.98. The highest BCUT2D eigenvalue weighted by Crippen LogP contribution is 2.56. The van der Waals surface area contributed by atoms with Crippen molar-refractivity contribution in [3.05, 3.63) is 47.0 Å². The summed E-state index contributed by atoms with van der Waals surface area (Å²) in [7, 11) is 0. The molecule has 2 aromatic rings. The van der Waals surface area contributed by atoms with E-state index >= 15 is 0 Å². The smallest absolute Gasteiger partial charge is 0.167 e. The maximum atomic E-state index is 12.9. The van der Waals surface area contributed by atoms with E-state index < -0.39 is 0 Å². The van der Waals surface area contributed by atoms with E-state index in [1.165, 1.54) is 25.7 Å². The number of Topliss-reactive ketones (excluding diaryl/α,β-unsaturated/α-hetero) is 1. The van der Waals surface area contributed by atoms with E-state index in [4.69, 9.17) is 11.6 Å². The second kappa shape index (κ2) is 4.60. The fraction of sp³-hybridized carbons (Fsp3) is 0.389. The Hall–Kier alpha value is -1.34. The van der Waals surface area contributed by atoms with Crippen LogP contribution in [0.3, 0.4) is 0 Å². The van der Waals surface area contributed by atoms with Crippen molar-refractivity contribution in [3.8, 4) is 0 Å². The van der Waals surface area contributed by atoms with Crippen LogP contribution in [-0.2, 0) is 0 Å². The van der Waals surface area contributed by atoms with Crippen LogP contribution in [0.15, 0.2) is 36.4 Å². The van der Waals surface area contributed by atoms with Gasteiger partial charge in [0.25, 0.3) is 0 Å². The molecule has 0 bridgehead atoms. The van der Waals surface area contributed by atoms with E-state index in [0.717, 1.165) is 21.4 Å². The number of fused-ring (bicyclic) bond motifs is 2. The maximum Gasteiger partial charge on any atom is 0.167 e. The van der Waals surface area contributed by atoms with Crippen LogP contribution in [0.2, 0.25) is 5.02 Å². The molecule has 0 amide bonds. The predicted molar refractivity (Wildman–Crippen MR) is 82.2 cm³/mol. The van der Waals surface area contributed by atoms with Gasteiger partial charge >= 0.3 is 0 Å². The first kappa shape index (κ1) is 12.4. The van der Waals surface area contributed by atoms with Crippen molar-refractivity contribution >= 4 is 28.2 Å². The molecule has 0 aliphatic heterocycles. The number of hydrogen-bond donors (Lipinski definition) is 0. The molecule has 0 radical (unpaired) electrons. The molecule has 2 unspecified atom stereocenters. The van der Waals surface area contributed by atoms with Crippen LogP contribution in [0.5, 0.6) is 0 Å². The third-order valence-corrected chi connectivity index (χ3v) is 5.43. The normalized spacial score (nSPS) is 28.1. The zero-order valence-corrected chi connectivity index (χ0v) is 12.1. The van der Waals surface area contributed by atoms with Crippen molar-refractivity contribution in [2.75, 3.05) is 0 Å². The van der Waals surface area contributed by atoms with Gasteiger partial charge in [0.1, 0.15) is 0 Å². The quantitative estimate of drug-likeness (QED) is 0.700. The van der Waals surface area contributed by atoms with Gasteiger partial charge in [-0.05, 0) is 42.2 Å². The minimum Gasteiger partial charge on any atom is -0.294 e. The average molecular weight is 285 g/mol. The first-order chi connectivity index (χ1) is 9.77. The summed E-state index contributed by atoms with van der Waals surface area (Å²) >= 11 is 6.24. The maximum absolute atomic E-state index is 12.9. The zero-order valence-electron chi connectivity index (χ0n) is 11.3. The van der Waals surface area contributed by atoms with Crippen molar-refractivity contribution in [2.24, 2.45) is 17.8 Å². The molecule has 0 saturated heterocycles. The molecule has 0 spiro atoms. The summed E-state index contributed by atoms with van der Waals surface area (Å²) in [4.78, 5) is 12.9. The lowest BCUT2D eigenvalue weighted by Crippen LogP contribution is -2.05. The van der Waals surface area contributed by atoms with Crippen LogP contribution in [0.1, 0.15) is 36.0 Å². The van der Waals surface area contributed by atoms with Crippen molar-refractivity contribution in [1.29, 1.82) is 0 Å². The molecule has 2 aromatic carbocycles. The van der Waals surface area contributed by atoms with Gasteiger partial charge < -0.3 is 0 Å². The Bertz CT molecular complexity index is 679. The molecule has 0 N–H and O–H groups in total. The van der Waals surface area contributed by atoms with Gasteiger partial charge in [0.2, 0.25) is 0 Å². The summed E-state index contributed by atoms with van der Waals surface area (Å²) in [6, 6.07) is 11.7. The topological polar surface area (TPSA) is 17.1 Å². The van der Waals surface area contributed by atoms with Gasteiger partial charge in [-0.25, -0.2) is 0 Å². The van der Waals surface area contributed by atoms with E-state index in [9.17, 15) is 4.79 Å². The first-order valence-electron chi connectivity index (χ1n) is 7.49. The second-order valence-electron chi connectivity index (χ2n) is 6.14. The fourth-order valence-electron chi connectivity index (χ4n) is 4.04. The molecule has 102 valence electrons. The van der Waals surface area contributed by atoms with Gasteiger partial charge in [-0.3, -0.25) is 4.79 Å². The third kappa shape index (κ3) is 1.80. The summed E-state index contributed by atoms with van der Waals surface area (Å²) in [6.45, 7) is 0. The Kier molecular flexibility index (Phi) is 2.85. The van der Waals surface area contributed by atoms with Gasteiger partial charge in [-0.1, -0.05) is 48.7 Å². The molecule has 0 aromatic heterocycles. The number of carbonyl (C=O) groups is 1. The molecular formula is C18H17ClO. The minimum atomic E-state index is 0.280. The molecule has 4 rings (SSSR count). The number of ketones is 1. The Morgan fingerprint density at radius 1 is 0.950 bits per heavy atom. The highest BCUT2D eigenvalue weighted by atomic mass is 35.5. The van der Waals surface area contributed by atoms with Gasteiger partial charge in [-0.15, -0.1) is 0 Å². The molecule has 2 atom stereocenters. The Balaban J connectivity index is 1.76. The molecule has 2 heteroatoms. The van der Waals surface area contributed by atoms with Crippen molar-refractivity contribution in [1.82, 2.24) is 0 Å². The lowest BCUT2D eigenvalue weighted by molar-refractivity contribution is 0.0958. The van der Waals surface area contributed by atoms with Gasteiger partial charge in [-0.2, -0.15) is 0 Å². The molecule has 20 heavy (non-hydrogen) atoms. The SMILES string of the molecule is O=C(c1ccc(Cl)c2ccccc12)C1C2CCCCC21. The Morgan fingerprint density at radius 3 is 2.30 bits per heavy atom. The number of rotatable bonds is 2. The van der Waals surface area contributed by atoms with Crippen molar-refractivity contribution in [2.45, 2.75) is 25.7 Å². The standard InChI is InChI=1S/C18H17ClO/c19-16-10-9-15(11-5-1-2-6-12(11)16)18(20)17-13-7-3-4-8-14(13)17/h1-2,5-6,9-10,13-14,17H,3-4,7-8H2. The number of benzene rings is 2. The molecular weight excluding hydrogens is 268 g/mol. The molecule has 2 fully saturated rings. The van der Waals surface area contributed by atoms with Crippen LogP contribution in [0.25, 0.3) is 10.8 Å². The summed E-state index contributed by atoms with van der Waals surface area (Å²) in [6.07, 6.45) is 5.08.